The minimum Gasteiger partial charge on any atom is -0.391 e. The highest BCUT2D eigenvalue weighted by atomic mass is 16.3. The molecule has 1 fully saturated rings. The molecule has 16 heavy (non-hydrogen) atoms. The van der Waals surface area contributed by atoms with E-state index in [1.165, 1.54) is 12.8 Å². The molecule has 0 aromatic carbocycles. The lowest BCUT2D eigenvalue weighted by atomic mass is 9.91. The Kier molecular flexibility index (Phi) is 2.65. The molecule has 5 heteroatoms. The van der Waals surface area contributed by atoms with E-state index in [1.807, 2.05) is 0 Å². The first-order chi connectivity index (χ1) is 7.84. The number of rotatable bonds is 1. The zero-order chi connectivity index (χ0) is 11.0. The number of nitrogens with zero attached hydrogens (tertiary/aromatic N) is 4. The molecule has 2 atom stereocenters. The molecule has 1 aliphatic carbocycles. The summed E-state index contributed by atoms with van der Waals surface area (Å²) in [4.78, 5) is 2.37. The lowest BCUT2D eigenvalue weighted by molar-refractivity contribution is 0.00650. The van der Waals surface area contributed by atoms with Gasteiger partial charge in [-0.3, -0.25) is 4.90 Å². The Balaban J connectivity index is 1.72. The van der Waals surface area contributed by atoms with E-state index in [0.29, 0.717) is 6.04 Å². The molecule has 1 aromatic heterocycles. The van der Waals surface area contributed by atoms with Crippen LogP contribution in [0.25, 0.3) is 0 Å². The van der Waals surface area contributed by atoms with Gasteiger partial charge in [0, 0.05) is 19.1 Å². The second kappa shape index (κ2) is 4.14. The predicted molar refractivity (Wildman–Crippen MR) is 58.7 cm³/mol. The summed E-state index contributed by atoms with van der Waals surface area (Å²) in [6, 6.07) is 0.333. The summed E-state index contributed by atoms with van der Waals surface area (Å²) in [5, 5.41) is 18.1. The Labute approximate surface area is 95.1 Å². The van der Waals surface area contributed by atoms with Crippen LogP contribution >= 0.6 is 0 Å². The zero-order valence-corrected chi connectivity index (χ0v) is 9.42. The van der Waals surface area contributed by atoms with E-state index in [0.717, 1.165) is 38.3 Å². The quantitative estimate of drug-likeness (QED) is 0.747. The topological polar surface area (TPSA) is 54.2 Å². The molecule has 0 spiro atoms. The van der Waals surface area contributed by atoms with Crippen molar-refractivity contribution in [1.82, 2.24) is 19.7 Å². The average Bonchev–Trinajstić information content (AvgIpc) is 2.76. The van der Waals surface area contributed by atoms with Gasteiger partial charge in [0.05, 0.1) is 12.6 Å². The van der Waals surface area contributed by atoms with Crippen LogP contribution in [0.4, 0.5) is 0 Å². The van der Waals surface area contributed by atoms with Gasteiger partial charge in [-0.2, -0.15) is 0 Å². The highest BCUT2D eigenvalue weighted by molar-refractivity contribution is 4.94. The lowest BCUT2D eigenvalue weighted by Crippen LogP contribution is -2.48. The summed E-state index contributed by atoms with van der Waals surface area (Å²) in [6.07, 6.45) is 6.13. The van der Waals surface area contributed by atoms with Crippen LogP contribution in [-0.4, -0.2) is 43.5 Å². The summed E-state index contributed by atoms with van der Waals surface area (Å²) in [7, 11) is 0. The van der Waals surface area contributed by atoms with Gasteiger partial charge in [-0.15, -0.1) is 10.2 Å². The van der Waals surface area contributed by atoms with Gasteiger partial charge in [0.25, 0.3) is 0 Å². The van der Waals surface area contributed by atoms with Crippen molar-refractivity contribution in [2.24, 2.45) is 0 Å². The zero-order valence-electron chi connectivity index (χ0n) is 9.42. The fourth-order valence-electron chi connectivity index (χ4n) is 2.89. The van der Waals surface area contributed by atoms with Crippen molar-refractivity contribution >= 4 is 0 Å². The van der Waals surface area contributed by atoms with Crippen LogP contribution in [0.1, 0.15) is 31.5 Å². The first kappa shape index (κ1) is 10.2. The molecular formula is C11H18N4O. The summed E-state index contributed by atoms with van der Waals surface area (Å²) >= 11 is 0. The number of hydrogen-bond acceptors (Lipinski definition) is 4. The summed E-state index contributed by atoms with van der Waals surface area (Å²) in [5.74, 6) is 1.03. The molecule has 3 rings (SSSR count). The molecule has 0 bridgehead atoms. The maximum absolute atomic E-state index is 10.0. The Hall–Kier alpha value is -0.940. The molecule has 0 saturated heterocycles. The fraction of sp³-hybridized carbons (Fsp3) is 0.818. The van der Waals surface area contributed by atoms with Crippen LogP contribution in [0.5, 0.6) is 0 Å². The molecule has 1 aliphatic heterocycles. The Morgan fingerprint density at radius 3 is 3.00 bits per heavy atom. The Morgan fingerprint density at radius 2 is 2.12 bits per heavy atom. The number of aliphatic hydroxyl groups is 1. The summed E-state index contributed by atoms with van der Waals surface area (Å²) in [5.41, 5.74) is 0. The average molecular weight is 222 g/mol. The van der Waals surface area contributed by atoms with Crippen molar-refractivity contribution < 1.29 is 5.11 Å². The van der Waals surface area contributed by atoms with Gasteiger partial charge in [-0.1, -0.05) is 12.8 Å². The first-order valence-electron chi connectivity index (χ1n) is 6.13. The van der Waals surface area contributed by atoms with Gasteiger partial charge in [0.15, 0.2) is 0 Å². The van der Waals surface area contributed by atoms with Crippen molar-refractivity contribution in [1.29, 1.82) is 0 Å². The highest BCUT2D eigenvalue weighted by Gasteiger charge is 2.31. The largest absolute Gasteiger partial charge is 0.391 e. The van der Waals surface area contributed by atoms with Gasteiger partial charge < -0.3 is 9.67 Å². The monoisotopic (exact) mass is 222 g/mol. The molecule has 0 unspecified atom stereocenters. The van der Waals surface area contributed by atoms with Crippen LogP contribution < -0.4 is 0 Å². The van der Waals surface area contributed by atoms with Crippen LogP contribution in [0, 0.1) is 0 Å². The third-order valence-corrected chi connectivity index (χ3v) is 3.83. The Morgan fingerprint density at radius 1 is 1.25 bits per heavy atom. The van der Waals surface area contributed by atoms with Crippen molar-refractivity contribution in [2.75, 3.05) is 6.54 Å². The second-order valence-corrected chi connectivity index (χ2v) is 4.83. The van der Waals surface area contributed by atoms with Gasteiger partial charge in [-0.05, 0) is 12.8 Å². The highest BCUT2D eigenvalue weighted by Crippen LogP contribution is 2.25. The van der Waals surface area contributed by atoms with E-state index in [4.69, 9.17) is 0 Å². The predicted octanol–water partition coefficient (Wildman–Crippen LogP) is 0.397. The second-order valence-electron chi connectivity index (χ2n) is 4.83. The van der Waals surface area contributed by atoms with Crippen molar-refractivity contribution in [2.45, 2.75) is 50.9 Å². The molecule has 1 aromatic rings. The normalized spacial score (nSPS) is 31.3. The minimum absolute atomic E-state index is 0.150. The van der Waals surface area contributed by atoms with Crippen molar-refractivity contribution in [3.05, 3.63) is 12.2 Å². The smallest absolute Gasteiger partial charge is 0.147 e. The third-order valence-electron chi connectivity index (χ3n) is 3.83. The van der Waals surface area contributed by atoms with Crippen LogP contribution in [0.3, 0.4) is 0 Å². The molecule has 0 amide bonds. The lowest BCUT2D eigenvalue weighted by Gasteiger charge is -2.39. The minimum atomic E-state index is -0.150. The molecule has 1 N–H and O–H groups in total. The standard InChI is InChI=1S/C11H18N4O/c16-10-4-2-1-3-9(10)14-5-6-15-8-12-13-11(15)7-14/h8-10,16H,1-7H2/t9-,10-/m0/s1. The number of fused-ring (bicyclic) bond motifs is 1. The summed E-state index contributed by atoms with van der Waals surface area (Å²) in [6.45, 7) is 2.79. The number of hydrogen-bond donors (Lipinski definition) is 1. The molecule has 2 heterocycles. The van der Waals surface area contributed by atoms with Crippen LogP contribution in [-0.2, 0) is 13.1 Å². The fourth-order valence-corrected chi connectivity index (χ4v) is 2.89. The molecule has 88 valence electrons. The SMILES string of the molecule is O[C@H]1CCCC[C@@H]1N1CCn2cnnc2C1. The third kappa shape index (κ3) is 1.74. The van der Waals surface area contributed by atoms with Crippen molar-refractivity contribution in [3.63, 3.8) is 0 Å². The number of aromatic nitrogens is 3. The summed E-state index contributed by atoms with van der Waals surface area (Å²) < 4.78 is 2.10. The maximum Gasteiger partial charge on any atom is 0.147 e. The molecule has 5 nitrogen and oxygen atoms in total. The van der Waals surface area contributed by atoms with Crippen LogP contribution in [0.2, 0.25) is 0 Å². The van der Waals surface area contributed by atoms with Gasteiger partial charge in [0.1, 0.15) is 12.2 Å². The van der Waals surface area contributed by atoms with Gasteiger partial charge in [-0.25, -0.2) is 0 Å². The van der Waals surface area contributed by atoms with E-state index in [9.17, 15) is 5.11 Å². The maximum atomic E-state index is 10.0. The Bertz CT molecular complexity index is 365. The molecule has 0 radical (unpaired) electrons. The van der Waals surface area contributed by atoms with E-state index in [1.54, 1.807) is 6.33 Å². The van der Waals surface area contributed by atoms with E-state index >= 15 is 0 Å². The molecular weight excluding hydrogens is 204 g/mol. The van der Waals surface area contributed by atoms with Crippen molar-refractivity contribution in [3.8, 4) is 0 Å². The van der Waals surface area contributed by atoms with Crippen LogP contribution in [0.15, 0.2) is 6.33 Å². The van der Waals surface area contributed by atoms with Gasteiger partial charge in [0.2, 0.25) is 0 Å². The van der Waals surface area contributed by atoms with E-state index in [2.05, 4.69) is 19.7 Å². The number of aliphatic hydroxyl groups excluding tert-OH is 1. The van der Waals surface area contributed by atoms with E-state index in [-0.39, 0.29) is 6.10 Å². The van der Waals surface area contributed by atoms with Gasteiger partial charge >= 0.3 is 0 Å². The van der Waals surface area contributed by atoms with E-state index < -0.39 is 0 Å². The molecule has 2 aliphatic rings. The first-order valence-corrected chi connectivity index (χ1v) is 6.13. The molecule has 1 saturated carbocycles.